The van der Waals surface area contributed by atoms with Gasteiger partial charge < -0.3 is 16.0 Å². The zero-order valence-corrected chi connectivity index (χ0v) is 13.0. The summed E-state index contributed by atoms with van der Waals surface area (Å²) in [6, 6.07) is 5.15. The summed E-state index contributed by atoms with van der Waals surface area (Å²) in [5.74, 6) is -0.185. The first-order valence-electron chi connectivity index (χ1n) is 6.64. The van der Waals surface area contributed by atoms with E-state index in [2.05, 4.69) is 5.32 Å². The predicted molar refractivity (Wildman–Crippen MR) is 82.9 cm³/mol. The van der Waals surface area contributed by atoms with Gasteiger partial charge in [-0.15, -0.1) is 0 Å². The number of nitrogens with one attached hydrogen (secondary N) is 1. The molecule has 21 heavy (non-hydrogen) atoms. The minimum atomic E-state index is -3.14. The molecule has 0 radical (unpaired) electrons. The first kappa shape index (κ1) is 15.6. The SMILES string of the molecule is CNC(=O)c1ccc(N2CCN(S(C)(=O)=O)CC2)c(N)c1. The molecule has 0 atom stereocenters. The number of rotatable bonds is 3. The molecule has 1 aromatic rings. The lowest BCUT2D eigenvalue weighted by Gasteiger charge is -2.35. The number of piperazine rings is 1. The van der Waals surface area contributed by atoms with Gasteiger partial charge in [0.15, 0.2) is 0 Å². The first-order chi connectivity index (χ1) is 9.82. The Labute approximate surface area is 124 Å². The van der Waals surface area contributed by atoms with Crippen molar-refractivity contribution in [2.75, 3.05) is 50.1 Å². The number of nitrogens with zero attached hydrogens (tertiary/aromatic N) is 2. The second kappa shape index (κ2) is 5.90. The summed E-state index contributed by atoms with van der Waals surface area (Å²) >= 11 is 0. The van der Waals surface area contributed by atoms with Gasteiger partial charge in [-0.25, -0.2) is 8.42 Å². The number of nitrogens with two attached hydrogens (primary N) is 1. The molecule has 2 rings (SSSR count). The maximum atomic E-state index is 11.6. The highest BCUT2D eigenvalue weighted by Crippen LogP contribution is 2.25. The smallest absolute Gasteiger partial charge is 0.251 e. The van der Waals surface area contributed by atoms with Gasteiger partial charge >= 0.3 is 0 Å². The van der Waals surface area contributed by atoms with Crippen molar-refractivity contribution in [1.29, 1.82) is 0 Å². The zero-order valence-electron chi connectivity index (χ0n) is 12.2. The van der Waals surface area contributed by atoms with Crippen LogP contribution in [0.5, 0.6) is 0 Å². The van der Waals surface area contributed by atoms with Crippen molar-refractivity contribution < 1.29 is 13.2 Å². The molecule has 0 bridgehead atoms. The number of sulfonamides is 1. The van der Waals surface area contributed by atoms with E-state index < -0.39 is 10.0 Å². The normalized spacial score (nSPS) is 16.8. The highest BCUT2D eigenvalue weighted by atomic mass is 32.2. The lowest BCUT2D eigenvalue weighted by atomic mass is 10.1. The number of carbonyl (C=O) groups excluding carboxylic acids is 1. The second-order valence-electron chi connectivity index (χ2n) is 5.00. The largest absolute Gasteiger partial charge is 0.397 e. The molecule has 1 heterocycles. The summed E-state index contributed by atoms with van der Waals surface area (Å²) in [5, 5.41) is 2.55. The number of carbonyl (C=O) groups is 1. The van der Waals surface area contributed by atoms with Crippen molar-refractivity contribution in [3.63, 3.8) is 0 Å². The monoisotopic (exact) mass is 312 g/mol. The molecule has 0 aromatic heterocycles. The molecule has 0 aliphatic carbocycles. The number of amides is 1. The summed E-state index contributed by atoms with van der Waals surface area (Å²) in [5.41, 5.74) is 7.87. The van der Waals surface area contributed by atoms with Crippen LogP contribution in [0.3, 0.4) is 0 Å². The van der Waals surface area contributed by atoms with Gasteiger partial charge in [0.05, 0.1) is 17.6 Å². The summed E-state index contributed by atoms with van der Waals surface area (Å²) in [7, 11) is -1.57. The number of nitrogen functional groups attached to an aromatic ring is 1. The highest BCUT2D eigenvalue weighted by Gasteiger charge is 2.24. The molecule has 1 saturated heterocycles. The molecule has 7 nitrogen and oxygen atoms in total. The van der Waals surface area contributed by atoms with E-state index >= 15 is 0 Å². The van der Waals surface area contributed by atoms with Crippen LogP contribution in [0.2, 0.25) is 0 Å². The molecule has 1 aliphatic heterocycles. The van der Waals surface area contributed by atoms with Gasteiger partial charge in [-0.2, -0.15) is 4.31 Å². The van der Waals surface area contributed by atoms with E-state index in [4.69, 9.17) is 5.73 Å². The summed E-state index contributed by atoms with van der Waals surface area (Å²) in [4.78, 5) is 13.6. The van der Waals surface area contributed by atoms with Crippen LogP contribution < -0.4 is 16.0 Å². The summed E-state index contributed by atoms with van der Waals surface area (Å²) < 4.78 is 24.4. The topological polar surface area (TPSA) is 95.7 Å². The van der Waals surface area contributed by atoms with Gasteiger partial charge in [0, 0.05) is 38.8 Å². The lowest BCUT2D eigenvalue weighted by molar-refractivity contribution is 0.0963. The van der Waals surface area contributed by atoms with Crippen LogP contribution in [-0.2, 0) is 10.0 Å². The Morgan fingerprint density at radius 3 is 2.33 bits per heavy atom. The van der Waals surface area contributed by atoms with Crippen LogP contribution in [0, 0.1) is 0 Å². The van der Waals surface area contributed by atoms with Gasteiger partial charge in [0.2, 0.25) is 10.0 Å². The lowest BCUT2D eigenvalue weighted by Crippen LogP contribution is -2.48. The van der Waals surface area contributed by atoms with Crippen LogP contribution in [0.1, 0.15) is 10.4 Å². The number of anilines is 2. The van der Waals surface area contributed by atoms with Gasteiger partial charge in [0.25, 0.3) is 5.91 Å². The molecule has 1 amide bonds. The molecule has 1 fully saturated rings. The van der Waals surface area contributed by atoms with E-state index in [9.17, 15) is 13.2 Å². The number of hydrogen-bond donors (Lipinski definition) is 2. The van der Waals surface area contributed by atoms with Crippen LogP contribution in [0.4, 0.5) is 11.4 Å². The Hall–Kier alpha value is -1.80. The van der Waals surface area contributed by atoms with E-state index in [-0.39, 0.29) is 5.91 Å². The third-order valence-corrected chi connectivity index (χ3v) is 4.87. The predicted octanol–water partition coefficient (Wildman–Crippen LogP) is -0.290. The van der Waals surface area contributed by atoms with Crippen LogP contribution in [-0.4, -0.2) is 58.1 Å². The van der Waals surface area contributed by atoms with Gasteiger partial charge in [-0.05, 0) is 18.2 Å². The Kier molecular flexibility index (Phi) is 4.38. The van der Waals surface area contributed by atoms with Crippen LogP contribution >= 0.6 is 0 Å². The number of hydrogen-bond acceptors (Lipinski definition) is 5. The average molecular weight is 312 g/mol. The van der Waals surface area contributed by atoms with Crippen LogP contribution in [0.15, 0.2) is 18.2 Å². The van der Waals surface area contributed by atoms with E-state index in [1.807, 2.05) is 4.90 Å². The van der Waals surface area contributed by atoms with Crippen molar-refractivity contribution in [2.45, 2.75) is 0 Å². The molecule has 0 spiro atoms. The van der Waals surface area contributed by atoms with Crippen molar-refractivity contribution >= 4 is 27.3 Å². The van der Waals surface area contributed by atoms with Crippen molar-refractivity contribution in [1.82, 2.24) is 9.62 Å². The molecular formula is C13H20N4O3S. The molecule has 0 saturated carbocycles. The number of benzene rings is 1. The highest BCUT2D eigenvalue weighted by molar-refractivity contribution is 7.88. The van der Waals surface area contributed by atoms with Gasteiger partial charge in [-0.3, -0.25) is 4.79 Å². The summed E-state index contributed by atoms with van der Waals surface area (Å²) in [6.45, 7) is 2.04. The maximum Gasteiger partial charge on any atom is 0.251 e. The van der Waals surface area contributed by atoms with Crippen molar-refractivity contribution in [2.24, 2.45) is 0 Å². The molecular weight excluding hydrogens is 292 g/mol. The average Bonchev–Trinajstić information content (AvgIpc) is 2.45. The fourth-order valence-electron chi connectivity index (χ4n) is 2.39. The van der Waals surface area contributed by atoms with E-state index in [1.54, 1.807) is 25.2 Å². The molecule has 1 aromatic carbocycles. The molecule has 3 N–H and O–H groups in total. The second-order valence-corrected chi connectivity index (χ2v) is 6.98. The molecule has 0 unspecified atom stereocenters. The van der Waals surface area contributed by atoms with Crippen molar-refractivity contribution in [3.05, 3.63) is 23.8 Å². The third-order valence-electron chi connectivity index (χ3n) is 3.57. The Morgan fingerprint density at radius 1 is 1.24 bits per heavy atom. The fraction of sp³-hybridized carbons (Fsp3) is 0.462. The Balaban J connectivity index is 2.12. The fourth-order valence-corrected chi connectivity index (χ4v) is 3.22. The zero-order chi connectivity index (χ0) is 15.6. The van der Waals surface area contributed by atoms with Gasteiger partial charge in [-0.1, -0.05) is 0 Å². The summed E-state index contributed by atoms with van der Waals surface area (Å²) in [6.07, 6.45) is 1.22. The Morgan fingerprint density at radius 2 is 1.86 bits per heavy atom. The van der Waals surface area contributed by atoms with Gasteiger partial charge in [0.1, 0.15) is 0 Å². The standard InChI is InChI=1S/C13H20N4O3S/c1-15-13(18)10-3-4-12(11(14)9-10)16-5-7-17(8-6-16)21(2,19)20/h3-4,9H,5-8,14H2,1-2H3,(H,15,18). The first-order valence-corrected chi connectivity index (χ1v) is 8.49. The van der Waals surface area contributed by atoms with E-state index in [0.717, 1.165) is 5.69 Å². The minimum absolute atomic E-state index is 0.185. The maximum absolute atomic E-state index is 11.6. The quantitative estimate of drug-likeness (QED) is 0.748. The van der Waals surface area contributed by atoms with Crippen LogP contribution in [0.25, 0.3) is 0 Å². The molecule has 8 heteroatoms. The third kappa shape index (κ3) is 3.45. The van der Waals surface area contributed by atoms with E-state index in [0.29, 0.717) is 37.4 Å². The van der Waals surface area contributed by atoms with E-state index in [1.165, 1.54) is 10.6 Å². The minimum Gasteiger partial charge on any atom is -0.397 e. The van der Waals surface area contributed by atoms with Crippen molar-refractivity contribution in [3.8, 4) is 0 Å². The molecule has 1 aliphatic rings. The Bertz CT molecular complexity index is 637. The molecule has 116 valence electrons.